The Balaban J connectivity index is 1.85. The Hall–Kier alpha value is -1.87. The lowest BCUT2D eigenvalue weighted by Crippen LogP contribution is -2.30. The van der Waals surface area contributed by atoms with Gasteiger partial charge >= 0.3 is 10.2 Å². The Morgan fingerprint density at radius 3 is 2.79 bits per heavy atom. The lowest BCUT2D eigenvalue weighted by Gasteiger charge is -2.19. The van der Waals surface area contributed by atoms with Crippen molar-refractivity contribution in [2.75, 3.05) is 23.9 Å². The monoisotopic (exact) mass is 357 g/mol. The van der Waals surface area contributed by atoms with E-state index in [1.54, 1.807) is 4.72 Å². The number of rotatable bonds is 3. The van der Waals surface area contributed by atoms with E-state index in [4.69, 9.17) is 0 Å². The summed E-state index contributed by atoms with van der Waals surface area (Å²) in [5.74, 6) is -1.75. The lowest BCUT2D eigenvalue weighted by molar-refractivity contribution is -0.117. The fourth-order valence-corrected chi connectivity index (χ4v) is 4.42. The zero-order valence-electron chi connectivity index (χ0n) is 13.1. The minimum atomic E-state index is -4.16. The van der Waals surface area contributed by atoms with Gasteiger partial charge in [-0.3, -0.25) is 4.79 Å². The highest BCUT2D eigenvalue weighted by molar-refractivity contribution is 7.92. The molecular weight excluding hydrogens is 337 g/mol. The van der Waals surface area contributed by atoms with E-state index in [2.05, 4.69) is 5.32 Å². The van der Waals surface area contributed by atoms with E-state index in [1.165, 1.54) is 12.1 Å². The number of nitrogens with zero attached hydrogens (tertiary/aromatic N) is 1. The molecule has 0 spiro atoms. The molecule has 0 aromatic heterocycles. The molecule has 9 heteroatoms. The predicted molar refractivity (Wildman–Crippen MR) is 86.4 cm³/mol. The molecule has 1 aromatic carbocycles. The minimum Gasteiger partial charge on any atom is -0.506 e. The first-order chi connectivity index (χ1) is 11.4. The van der Waals surface area contributed by atoms with E-state index in [0.717, 1.165) is 32.4 Å². The molecule has 2 saturated heterocycles. The van der Waals surface area contributed by atoms with Crippen LogP contribution in [-0.2, 0) is 21.4 Å². The first kappa shape index (κ1) is 17.0. The molecule has 3 N–H and O–H groups in total. The van der Waals surface area contributed by atoms with Crippen LogP contribution >= 0.6 is 0 Å². The van der Waals surface area contributed by atoms with Crippen LogP contribution in [0.25, 0.3) is 0 Å². The van der Waals surface area contributed by atoms with Crippen molar-refractivity contribution >= 4 is 21.8 Å². The number of amides is 1. The third-order valence-corrected chi connectivity index (χ3v) is 5.72. The average molecular weight is 357 g/mol. The Bertz CT molecular complexity index is 722. The number of nitrogens with one attached hydrogen (secondary N) is 2. The molecular formula is C15H20FN3O4S. The minimum absolute atomic E-state index is 0.343. The molecule has 0 radical (unpaired) electrons. The van der Waals surface area contributed by atoms with E-state index in [1.807, 2.05) is 0 Å². The Morgan fingerprint density at radius 1 is 1.33 bits per heavy atom. The molecule has 2 heterocycles. The molecule has 2 fully saturated rings. The first-order valence-corrected chi connectivity index (χ1v) is 9.36. The molecule has 24 heavy (non-hydrogen) atoms. The quantitative estimate of drug-likeness (QED) is 0.738. The third-order valence-electron chi connectivity index (χ3n) is 4.35. The molecule has 0 bridgehead atoms. The molecule has 3 rings (SSSR count). The fourth-order valence-electron chi connectivity index (χ4n) is 3.25. The summed E-state index contributed by atoms with van der Waals surface area (Å²) in [6.07, 6.45) is 3.84. The van der Waals surface area contributed by atoms with E-state index in [-0.39, 0.29) is 0 Å². The summed E-state index contributed by atoms with van der Waals surface area (Å²) >= 11 is 0. The zero-order valence-corrected chi connectivity index (χ0v) is 13.9. The van der Waals surface area contributed by atoms with Crippen LogP contribution in [0.5, 0.6) is 5.75 Å². The summed E-state index contributed by atoms with van der Waals surface area (Å²) < 4.78 is 40.4. The van der Waals surface area contributed by atoms with Crippen molar-refractivity contribution < 1.29 is 22.7 Å². The number of aromatic hydroxyl groups is 1. The van der Waals surface area contributed by atoms with Gasteiger partial charge < -0.3 is 10.4 Å². The summed E-state index contributed by atoms with van der Waals surface area (Å²) in [6.45, 7) is 1.27. The van der Waals surface area contributed by atoms with Gasteiger partial charge in [0.15, 0.2) is 5.82 Å². The number of hydrogen-bond acceptors (Lipinski definition) is 5. The smallest absolute Gasteiger partial charge is 0.326 e. The second-order valence-corrected chi connectivity index (χ2v) is 7.85. The number of phenols is 1. The van der Waals surface area contributed by atoms with Crippen molar-refractivity contribution in [3.05, 3.63) is 23.5 Å². The highest BCUT2D eigenvalue weighted by Crippen LogP contribution is 2.35. The number of anilines is 1. The summed E-state index contributed by atoms with van der Waals surface area (Å²) in [5.41, 5.74) is 0.120. The van der Waals surface area contributed by atoms with Gasteiger partial charge in [0, 0.05) is 0 Å². The van der Waals surface area contributed by atoms with Gasteiger partial charge in [-0.15, -0.1) is 0 Å². The van der Waals surface area contributed by atoms with Crippen molar-refractivity contribution in [1.82, 2.24) is 10.0 Å². The third kappa shape index (κ3) is 3.46. The van der Waals surface area contributed by atoms with Crippen molar-refractivity contribution in [2.24, 2.45) is 5.92 Å². The zero-order chi connectivity index (χ0) is 17.3. The SMILES string of the molecule is O=C1CN(c2c(O)cc(CC3CCCCNC3)cc2F)S(=O)(=O)N1. The van der Waals surface area contributed by atoms with Gasteiger partial charge in [-0.2, -0.15) is 8.42 Å². The van der Waals surface area contributed by atoms with Crippen LogP contribution < -0.4 is 14.3 Å². The van der Waals surface area contributed by atoms with Crippen LogP contribution in [0.4, 0.5) is 10.1 Å². The number of hydrogen-bond donors (Lipinski definition) is 3. The number of halogens is 1. The number of carbonyl (C=O) groups excluding carboxylic acids is 1. The maximum Gasteiger partial charge on any atom is 0.326 e. The second-order valence-electron chi connectivity index (χ2n) is 6.25. The normalized spacial score (nSPS) is 23.8. The van der Waals surface area contributed by atoms with Crippen LogP contribution in [0.1, 0.15) is 24.8 Å². The lowest BCUT2D eigenvalue weighted by atomic mass is 9.94. The topological polar surface area (TPSA) is 98.7 Å². The van der Waals surface area contributed by atoms with Gasteiger partial charge in [0.25, 0.3) is 5.91 Å². The maximum atomic E-state index is 14.4. The first-order valence-electron chi connectivity index (χ1n) is 7.92. The Morgan fingerprint density at radius 2 is 2.12 bits per heavy atom. The van der Waals surface area contributed by atoms with Gasteiger partial charge in [-0.05, 0) is 56.0 Å². The van der Waals surface area contributed by atoms with Crippen LogP contribution in [0.15, 0.2) is 12.1 Å². The predicted octanol–water partition coefficient (Wildman–Crippen LogP) is 0.644. The van der Waals surface area contributed by atoms with Crippen LogP contribution in [0.2, 0.25) is 0 Å². The molecule has 7 nitrogen and oxygen atoms in total. The van der Waals surface area contributed by atoms with E-state index >= 15 is 0 Å². The molecule has 1 amide bonds. The highest BCUT2D eigenvalue weighted by atomic mass is 32.2. The fraction of sp³-hybridized carbons (Fsp3) is 0.533. The van der Waals surface area contributed by atoms with Gasteiger partial charge in [-0.1, -0.05) is 6.42 Å². The molecule has 132 valence electrons. The molecule has 1 atom stereocenters. The molecule has 0 aliphatic carbocycles. The number of carbonyl (C=O) groups is 1. The van der Waals surface area contributed by atoms with Gasteiger partial charge in [0.1, 0.15) is 18.0 Å². The van der Waals surface area contributed by atoms with Crippen LogP contribution in [0, 0.1) is 11.7 Å². The summed E-state index contributed by atoms with van der Waals surface area (Å²) in [4.78, 5) is 11.3. The van der Waals surface area contributed by atoms with E-state index < -0.39 is 39.9 Å². The summed E-state index contributed by atoms with van der Waals surface area (Å²) in [5, 5.41) is 13.5. The molecule has 0 saturated carbocycles. The molecule has 2 aliphatic rings. The van der Waals surface area contributed by atoms with Crippen LogP contribution in [-0.4, -0.2) is 39.1 Å². The molecule has 2 aliphatic heterocycles. The van der Waals surface area contributed by atoms with Gasteiger partial charge in [-0.25, -0.2) is 13.4 Å². The average Bonchev–Trinajstić information content (AvgIpc) is 2.66. The molecule has 1 unspecified atom stereocenters. The van der Waals surface area contributed by atoms with Gasteiger partial charge in [0.2, 0.25) is 0 Å². The standard InChI is InChI=1S/C15H20FN3O4S/c16-12-6-11(5-10-3-1-2-4-17-8-10)7-13(20)15(12)19-9-14(21)18-24(19,22)23/h6-7,10,17,20H,1-5,8-9H2,(H,18,21). The van der Waals surface area contributed by atoms with E-state index in [0.29, 0.717) is 22.2 Å². The van der Waals surface area contributed by atoms with Crippen molar-refractivity contribution in [1.29, 1.82) is 0 Å². The number of phenolic OH excluding ortho intramolecular Hbond substituents is 1. The van der Waals surface area contributed by atoms with Crippen LogP contribution in [0.3, 0.4) is 0 Å². The van der Waals surface area contributed by atoms with Crippen molar-refractivity contribution in [2.45, 2.75) is 25.7 Å². The Labute approximate surface area is 140 Å². The van der Waals surface area contributed by atoms with Crippen molar-refractivity contribution in [3.63, 3.8) is 0 Å². The summed E-state index contributed by atoms with van der Waals surface area (Å²) in [6, 6.07) is 2.61. The maximum absolute atomic E-state index is 14.4. The van der Waals surface area contributed by atoms with E-state index in [9.17, 15) is 22.7 Å². The van der Waals surface area contributed by atoms with Crippen molar-refractivity contribution in [3.8, 4) is 5.75 Å². The van der Waals surface area contributed by atoms with Gasteiger partial charge in [0.05, 0.1) is 0 Å². The largest absolute Gasteiger partial charge is 0.506 e. The second kappa shape index (κ2) is 6.56. The highest BCUT2D eigenvalue weighted by Gasteiger charge is 2.37. The Kier molecular flexibility index (Phi) is 4.64. The molecule has 1 aromatic rings. The number of benzene rings is 1. The summed E-state index contributed by atoms with van der Waals surface area (Å²) in [7, 11) is -4.16.